The van der Waals surface area contributed by atoms with Gasteiger partial charge in [-0.3, -0.25) is 0 Å². The number of rotatable bonds is 5. The molecule has 0 aliphatic heterocycles. The Morgan fingerprint density at radius 3 is 1.85 bits per heavy atom. The molecule has 0 bridgehead atoms. The summed E-state index contributed by atoms with van der Waals surface area (Å²) >= 11 is 0. The van der Waals surface area contributed by atoms with Gasteiger partial charge in [-0.15, -0.1) is 0 Å². The van der Waals surface area contributed by atoms with E-state index in [4.69, 9.17) is 14.4 Å². The van der Waals surface area contributed by atoms with E-state index in [1.54, 1.807) is 0 Å². The fourth-order valence-corrected chi connectivity index (χ4v) is 8.09. The molecule has 0 aliphatic rings. The average Bonchev–Trinajstić information content (AvgIpc) is 3.79. The van der Waals surface area contributed by atoms with E-state index in [-0.39, 0.29) is 0 Å². The molecule has 0 atom stereocenters. The number of aromatic nitrogens is 3. The molecule has 11 aromatic rings. The van der Waals surface area contributed by atoms with Crippen molar-refractivity contribution in [3.63, 3.8) is 0 Å². The smallest absolute Gasteiger partial charge is 0.160 e. The third-order valence-electron chi connectivity index (χ3n) is 10.6. The maximum atomic E-state index is 6.49. The molecule has 4 heteroatoms. The highest BCUT2D eigenvalue weighted by atomic mass is 16.3. The van der Waals surface area contributed by atoms with Crippen LogP contribution < -0.4 is 0 Å². The van der Waals surface area contributed by atoms with Crippen LogP contribution >= 0.6 is 0 Å². The normalized spacial score (nSPS) is 11.7. The van der Waals surface area contributed by atoms with E-state index in [1.807, 2.05) is 30.3 Å². The molecule has 0 saturated heterocycles. The molecular weight excluding hydrogens is 659 g/mol. The van der Waals surface area contributed by atoms with Gasteiger partial charge in [-0.25, -0.2) is 9.97 Å². The van der Waals surface area contributed by atoms with E-state index in [2.05, 4.69) is 162 Å². The Hall–Kier alpha value is -7.30. The Bertz CT molecular complexity index is 3210. The molecule has 0 fully saturated rings. The Labute approximate surface area is 311 Å². The van der Waals surface area contributed by atoms with Crippen LogP contribution in [0.5, 0.6) is 0 Å². The van der Waals surface area contributed by atoms with E-state index < -0.39 is 0 Å². The molecule has 0 unspecified atom stereocenters. The van der Waals surface area contributed by atoms with Crippen molar-refractivity contribution in [2.45, 2.75) is 0 Å². The van der Waals surface area contributed by atoms with Crippen molar-refractivity contribution in [1.82, 2.24) is 14.5 Å². The number of fused-ring (bicyclic) bond motifs is 7. The number of hydrogen-bond acceptors (Lipinski definition) is 3. The average molecular weight is 690 g/mol. The summed E-state index contributed by atoms with van der Waals surface area (Å²) in [5.41, 5.74) is 13.7. The molecule has 252 valence electrons. The molecule has 0 amide bonds. The number of hydrogen-bond donors (Lipinski definition) is 0. The van der Waals surface area contributed by atoms with Crippen LogP contribution in [0.15, 0.2) is 192 Å². The molecule has 0 saturated carbocycles. The van der Waals surface area contributed by atoms with Crippen molar-refractivity contribution in [3.05, 3.63) is 188 Å². The first-order valence-corrected chi connectivity index (χ1v) is 18.2. The van der Waals surface area contributed by atoms with Gasteiger partial charge in [0.15, 0.2) is 5.82 Å². The zero-order valence-corrected chi connectivity index (χ0v) is 29.1. The first-order chi connectivity index (χ1) is 26.8. The number of nitrogens with zero attached hydrogens (tertiary/aromatic N) is 3. The highest BCUT2D eigenvalue weighted by molar-refractivity contribution is 6.15. The highest BCUT2D eigenvalue weighted by Crippen LogP contribution is 2.41. The standard InChI is InChI=1S/C50H31N3O/c1-3-13-32(14-4-1)50-51-43-22-9-7-20-39(43)49(52-50)40-21-12-24-47-48(40)42-31-36(26-28-46(42)54-47)34-16-11-15-33(29-34)35-25-27-45-41(30-35)38-19-8-10-23-44(38)53(45)37-17-5-2-6-18-37/h1-31H. The molecule has 0 aliphatic carbocycles. The summed E-state index contributed by atoms with van der Waals surface area (Å²) in [6, 6.07) is 66.2. The van der Waals surface area contributed by atoms with E-state index in [0.717, 1.165) is 66.5 Å². The number of para-hydroxylation sites is 3. The summed E-state index contributed by atoms with van der Waals surface area (Å²) in [6.45, 7) is 0. The van der Waals surface area contributed by atoms with Gasteiger partial charge in [0, 0.05) is 43.7 Å². The minimum absolute atomic E-state index is 0.703. The Morgan fingerprint density at radius 1 is 0.389 bits per heavy atom. The van der Waals surface area contributed by atoms with Crippen LogP contribution in [0.25, 0.3) is 105 Å². The van der Waals surface area contributed by atoms with Crippen LogP contribution in [0, 0.1) is 0 Å². The lowest BCUT2D eigenvalue weighted by atomic mass is 9.96. The number of benzene rings is 8. The molecule has 3 heterocycles. The van der Waals surface area contributed by atoms with Crippen LogP contribution in [-0.4, -0.2) is 14.5 Å². The van der Waals surface area contributed by atoms with Gasteiger partial charge in [0.1, 0.15) is 11.2 Å². The lowest BCUT2D eigenvalue weighted by molar-refractivity contribution is 0.669. The summed E-state index contributed by atoms with van der Waals surface area (Å²) in [5.74, 6) is 0.703. The van der Waals surface area contributed by atoms with Gasteiger partial charge in [0.2, 0.25) is 0 Å². The Balaban J connectivity index is 1.05. The molecule has 54 heavy (non-hydrogen) atoms. The lowest BCUT2D eigenvalue weighted by Gasteiger charge is -2.11. The van der Waals surface area contributed by atoms with Gasteiger partial charge in [-0.05, 0) is 82.9 Å². The third-order valence-corrected chi connectivity index (χ3v) is 10.6. The van der Waals surface area contributed by atoms with Crippen molar-refractivity contribution in [3.8, 4) is 50.6 Å². The van der Waals surface area contributed by atoms with E-state index in [9.17, 15) is 0 Å². The van der Waals surface area contributed by atoms with Crippen LogP contribution in [0.2, 0.25) is 0 Å². The molecular formula is C50H31N3O. The Kier molecular flexibility index (Phi) is 6.82. The van der Waals surface area contributed by atoms with Gasteiger partial charge in [-0.1, -0.05) is 127 Å². The predicted octanol–water partition coefficient (Wildman–Crippen LogP) is 13.3. The second-order valence-corrected chi connectivity index (χ2v) is 13.8. The molecule has 11 rings (SSSR count). The van der Waals surface area contributed by atoms with Gasteiger partial charge in [-0.2, -0.15) is 0 Å². The Morgan fingerprint density at radius 2 is 1.02 bits per heavy atom. The van der Waals surface area contributed by atoms with Gasteiger partial charge in [0.25, 0.3) is 0 Å². The predicted molar refractivity (Wildman–Crippen MR) is 223 cm³/mol. The third kappa shape index (κ3) is 4.85. The van der Waals surface area contributed by atoms with Gasteiger partial charge < -0.3 is 8.98 Å². The van der Waals surface area contributed by atoms with E-state index in [0.29, 0.717) is 5.82 Å². The van der Waals surface area contributed by atoms with Crippen LogP contribution in [0.3, 0.4) is 0 Å². The SMILES string of the molecule is c1ccc(-c2nc(-c3cccc4oc5ccc(-c6cccc(-c7ccc8c(c7)c7ccccc7n8-c7ccccc7)c6)cc5c34)c3ccccc3n2)cc1. The first kappa shape index (κ1) is 30.3. The van der Waals surface area contributed by atoms with Crippen LogP contribution in [0.4, 0.5) is 0 Å². The molecule has 4 nitrogen and oxygen atoms in total. The van der Waals surface area contributed by atoms with Crippen molar-refractivity contribution < 1.29 is 4.42 Å². The molecule has 0 N–H and O–H groups in total. The maximum absolute atomic E-state index is 6.49. The largest absolute Gasteiger partial charge is 0.456 e. The zero-order valence-electron chi connectivity index (χ0n) is 29.1. The minimum atomic E-state index is 0.703. The summed E-state index contributed by atoms with van der Waals surface area (Å²) in [7, 11) is 0. The lowest BCUT2D eigenvalue weighted by Crippen LogP contribution is -1.95. The van der Waals surface area contributed by atoms with Crippen molar-refractivity contribution in [2.24, 2.45) is 0 Å². The van der Waals surface area contributed by atoms with E-state index >= 15 is 0 Å². The molecule has 3 aromatic heterocycles. The van der Waals surface area contributed by atoms with Crippen LogP contribution in [0.1, 0.15) is 0 Å². The zero-order chi connectivity index (χ0) is 35.6. The van der Waals surface area contributed by atoms with E-state index in [1.165, 1.54) is 32.9 Å². The molecule has 0 radical (unpaired) electrons. The summed E-state index contributed by atoms with van der Waals surface area (Å²) in [6.07, 6.45) is 0. The molecule has 0 spiro atoms. The van der Waals surface area contributed by atoms with Crippen molar-refractivity contribution in [1.29, 1.82) is 0 Å². The van der Waals surface area contributed by atoms with Crippen molar-refractivity contribution in [2.75, 3.05) is 0 Å². The van der Waals surface area contributed by atoms with Crippen molar-refractivity contribution >= 4 is 54.6 Å². The monoisotopic (exact) mass is 689 g/mol. The summed E-state index contributed by atoms with van der Waals surface area (Å²) in [4.78, 5) is 10.2. The summed E-state index contributed by atoms with van der Waals surface area (Å²) < 4.78 is 8.85. The quantitative estimate of drug-likeness (QED) is 0.181. The maximum Gasteiger partial charge on any atom is 0.160 e. The second kappa shape index (κ2) is 12.1. The van der Waals surface area contributed by atoms with Gasteiger partial charge in [0.05, 0.1) is 22.2 Å². The summed E-state index contributed by atoms with van der Waals surface area (Å²) in [5, 5.41) is 5.60. The number of furan rings is 1. The molecule has 8 aromatic carbocycles. The fourth-order valence-electron chi connectivity index (χ4n) is 8.09. The highest BCUT2D eigenvalue weighted by Gasteiger charge is 2.19. The second-order valence-electron chi connectivity index (χ2n) is 13.8. The van der Waals surface area contributed by atoms with Gasteiger partial charge >= 0.3 is 0 Å². The first-order valence-electron chi connectivity index (χ1n) is 18.2. The topological polar surface area (TPSA) is 43.9 Å². The minimum Gasteiger partial charge on any atom is -0.456 e. The fraction of sp³-hybridized carbons (Fsp3) is 0. The van der Waals surface area contributed by atoms with Crippen LogP contribution in [-0.2, 0) is 0 Å².